The van der Waals surface area contributed by atoms with Gasteiger partial charge in [0.25, 0.3) is 0 Å². The minimum absolute atomic E-state index is 0.129. The van der Waals surface area contributed by atoms with E-state index >= 15 is 0 Å². The molecule has 3 N–H and O–H groups in total. The van der Waals surface area contributed by atoms with Crippen LogP contribution in [0.25, 0.3) is 0 Å². The summed E-state index contributed by atoms with van der Waals surface area (Å²) >= 11 is 0. The van der Waals surface area contributed by atoms with E-state index in [0.29, 0.717) is 19.7 Å². The Morgan fingerprint density at radius 3 is 2.53 bits per heavy atom. The number of nitrogens with zero attached hydrogens (tertiary/aromatic N) is 1. The van der Waals surface area contributed by atoms with E-state index in [1.807, 2.05) is 13.8 Å². The molecule has 1 aliphatic rings. The van der Waals surface area contributed by atoms with Crippen LogP contribution >= 0.6 is 0 Å². The standard InChI is InChI=1S/C12H24N2O3/c1-9(2)14(6-7-17-3)8-12(13,11(15)16)10-4-5-10/h9-10H,4-8,13H2,1-3H3,(H,15,16). The Kier molecular flexibility index (Phi) is 4.91. The highest BCUT2D eigenvalue weighted by atomic mass is 16.5. The van der Waals surface area contributed by atoms with E-state index in [2.05, 4.69) is 4.90 Å². The van der Waals surface area contributed by atoms with Gasteiger partial charge in [0.15, 0.2) is 0 Å². The largest absolute Gasteiger partial charge is 0.480 e. The van der Waals surface area contributed by atoms with Crippen molar-refractivity contribution in [3.8, 4) is 0 Å². The Hall–Kier alpha value is -0.650. The third-order valence-electron chi connectivity index (χ3n) is 3.48. The van der Waals surface area contributed by atoms with Crippen molar-refractivity contribution in [1.29, 1.82) is 0 Å². The van der Waals surface area contributed by atoms with E-state index in [1.54, 1.807) is 7.11 Å². The lowest BCUT2D eigenvalue weighted by Gasteiger charge is -2.34. The summed E-state index contributed by atoms with van der Waals surface area (Å²) in [5.41, 5.74) is 4.98. The number of rotatable bonds is 8. The van der Waals surface area contributed by atoms with Gasteiger partial charge < -0.3 is 15.6 Å². The maximum absolute atomic E-state index is 11.4. The minimum Gasteiger partial charge on any atom is -0.480 e. The molecule has 1 unspecified atom stereocenters. The first-order chi connectivity index (χ1) is 7.91. The van der Waals surface area contributed by atoms with Crippen LogP contribution in [-0.2, 0) is 9.53 Å². The Balaban J connectivity index is 2.65. The summed E-state index contributed by atoms with van der Waals surface area (Å²) in [6, 6.07) is 0.270. The molecule has 0 amide bonds. The zero-order valence-corrected chi connectivity index (χ0v) is 11.0. The highest BCUT2D eigenvalue weighted by Gasteiger charge is 2.49. The van der Waals surface area contributed by atoms with Gasteiger partial charge in [0.1, 0.15) is 5.54 Å². The summed E-state index contributed by atoms with van der Waals surface area (Å²) in [7, 11) is 1.65. The van der Waals surface area contributed by atoms with Gasteiger partial charge >= 0.3 is 5.97 Å². The third kappa shape index (κ3) is 3.66. The number of ether oxygens (including phenoxy) is 1. The van der Waals surface area contributed by atoms with Crippen LogP contribution in [0.2, 0.25) is 0 Å². The Bertz CT molecular complexity index is 266. The predicted octanol–water partition coefficient (Wildman–Crippen LogP) is 0.535. The third-order valence-corrected chi connectivity index (χ3v) is 3.48. The minimum atomic E-state index is -1.10. The van der Waals surface area contributed by atoms with E-state index in [1.165, 1.54) is 0 Å². The normalized spacial score (nSPS) is 19.6. The molecule has 1 atom stereocenters. The monoisotopic (exact) mass is 244 g/mol. The van der Waals surface area contributed by atoms with Crippen LogP contribution < -0.4 is 5.73 Å². The molecule has 1 rings (SSSR count). The van der Waals surface area contributed by atoms with Gasteiger partial charge in [0, 0.05) is 26.2 Å². The molecular formula is C12H24N2O3. The number of carboxylic acid groups (broad SMARTS) is 1. The summed E-state index contributed by atoms with van der Waals surface area (Å²) in [5.74, 6) is -0.758. The maximum atomic E-state index is 11.4. The molecule has 0 aromatic carbocycles. The molecule has 0 aliphatic heterocycles. The summed E-state index contributed by atoms with van der Waals surface area (Å²) in [6.45, 7) is 5.80. The lowest BCUT2D eigenvalue weighted by molar-refractivity contribution is -0.145. The fourth-order valence-corrected chi connectivity index (χ4v) is 2.03. The molecule has 5 nitrogen and oxygen atoms in total. The summed E-state index contributed by atoms with van der Waals surface area (Å²) in [5, 5.41) is 9.32. The molecule has 0 heterocycles. The number of carboxylic acids is 1. The van der Waals surface area contributed by atoms with E-state index in [-0.39, 0.29) is 12.0 Å². The fraction of sp³-hybridized carbons (Fsp3) is 0.917. The topological polar surface area (TPSA) is 75.8 Å². The van der Waals surface area contributed by atoms with E-state index < -0.39 is 11.5 Å². The highest BCUT2D eigenvalue weighted by molar-refractivity contribution is 5.79. The smallest absolute Gasteiger partial charge is 0.325 e. The molecule has 0 aromatic rings. The van der Waals surface area contributed by atoms with Crippen molar-refractivity contribution >= 4 is 5.97 Å². The quantitative estimate of drug-likeness (QED) is 0.651. The van der Waals surface area contributed by atoms with E-state index in [9.17, 15) is 9.90 Å². The van der Waals surface area contributed by atoms with Crippen molar-refractivity contribution in [3.63, 3.8) is 0 Å². The molecule has 1 fully saturated rings. The average Bonchev–Trinajstić information content (AvgIpc) is 3.06. The van der Waals surface area contributed by atoms with Crippen molar-refractivity contribution in [3.05, 3.63) is 0 Å². The molecular weight excluding hydrogens is 220 g/mol. The predicted molar refractivity (Wildman–Crippen MR) is 65.9 cm³/mol. The molecule has 0 radical (unpaired) electrons. The van der Waals surface area contributed by atoms with Crippen molar-refractivity contribution in [2.24, 2.45) is 11.7 Å². The Labute approximate surface area is 103 Å². The number of aliphatic carboxylic acids is 1. The van der Waals surface area contributed by atoms with Crippen LogP contribution in [0.15, 0.2) is 0 Å². The van der Waals surface area contributed by atoms with E-state index in [0.717, 1.165) is 12.8 Å². The SMILES string of the molecule is COCCN(CC(N)(C(=O)O)C1CC1)C(C)C. The second-order valence-electron chi connectivity index (χ2n) is 5.18. The number of methoxy groups -OCH3 is 1. The van der Waals surface area contributed by atoms with Crippen LogP contribution in [0.3, 0.4) is 0 Å². The van der Waals surface area contributed by atoms with Gasteiger partial charge in [0.2, 0.25) is 0 Å². The van der Waals surface area contributed by atoms with E-state index in [4.69, 9.17) is 10.5 Å². The Morgan fingerprint density at radius 2 is 2.18 bits per heavy atom. The maximum Gasteiger partial charge on any atom is 0.325 e. The van der Waals surface area contributed by atoms with Crippen LogP contribution in [0.5, 0.6) is 0 Å². The first-order valence-corrected chi connectivity index (χ1v) is 6.17. The summed E-state index contributed by atoms with van der Waals surface area (Å²) in [6.07, 6.45) is 1.86. The Morgan fingerprint density at radius 1 is 1.59 bits per heavy atom. The van der Waals surface area contributed by atoms with Gasteiger partial charge in [-0.15, -0.1) is 0 Å². The van der Waals surface area contributed by atoms with Gasteiger partial charge in [-0.1, -0.05) is 0 Å². The van der Waals surface area contributed by atoms with Crippen molar-refractivity contribution in [2.45, 2.75) is 38.3 Å². The first-order valence-electron chi connectivity index (χ1n) is 6.17. The molecule has 17 heavy (non-hydrogen) atoms. The number of hydrogen-bond donors (Lipinski definition) is 2. The van der Waals surface area contributed by atoms with Crippen LogP contribution in [0.4, 0.5) is 0 Å². The second kappa shape index (κ2) is 5.80. The number of hydrogen-bond acceptors (Lipinski definition) is 4. The first kappa shape index (κ1) is 14.4. The zero-order chi connectivity index (χ0) is 13.1. The number of nitrogens with two attached hydrogens (primary N) is 1. The van der Waals surface area contributed by atoms with Gasteiger partial charge in [-0.25, -0.2) is 0 Å². The molecule has 0 spiro atoms. The van der Waals surface area contributed by atoms with Gasteiger partial charge in [-0.05, 0) is 32.6 Å². The van der Waals surface area contributed by atoms with Gasteiger partial charge in [-0.3, -0.25) is 9.69 Å². The lowest BCUT2D eigenvalue weighted by Crippen LogP contribution is -2.59. The average molecular weight is 244 g/mol. The van der Waals surface area contributed by atoms with Gasteiger partial charge in [-0.2, -0.15) is 0 Å². The van der Waals surface area contributed by atoms with Crippen LogP contribution in [0.1, 0.15) is 26.7 Å². The van der Waals surface area contributed by atoms with Crippen molar-refractivity contribution in [2.75, 3.05) is 26.8 Å². The van der Waals surface area contributed by atoms with Crippen LogP contribution in [-0.4, -0.2) is 54.4 Å². The molecule has 0 aromatic heterocycles. The fourth-order valence-electron chi connectivity index (χ4n) is 2.03. The zero-order valence-electron chi connectivity index (χ0n) is 11.0. The molecule has 1 saturated carbocycles. The molecule has 0 saturated heterocycles. The molecule has 100 valence electrons. The molecule has 0 bridgehead atoms. The van der Waals surface area contributed by atoms with Crippen molar-refractivity contribution in [1.82, 2.24) is 4.90 Å². The van der Waals surface area contributed by atoms with Crippen molar-refractivity contribution < 1.29 is 14.6 Å². The molecule has 1 aliphatic carbocycles. The lowest BCUT2D eigenvalue weighted by atomic mass is 9.93. The molecule has 5 heteroatoms. The van der Waals surface area contributed by atoms with Crippen LogP contribution in [0, 0.1) is 5.92 Å². The summed E-state index contributed by atoms with van der Waals surface area (Å²) < 4.78 is 5.04. The number of carbonyl (C=O) groups is 1. The summed E-state index contributed by atoms with van der Waals surface area (Å²) in [4.78, 5) is 13.4. The van der Waals surface area contributed by atoms with Gasteiger partial charge in [0.05, 0.1) is 6.61 Å². The highest BCUT2D eigenvalue weighted by Crippen LogP contribution is 2.39. The second-order valence-corrected chi connectivity index (χ2v) is 5.18.